The lowest BCUT2D eigenvalue weighted by Gasteiger charge is -1.95. The summed E-state index contributed by atoms with van der Waals surface area (Å²) in [6, 6.07) is 9.89. The molecule has 1 aromatic carbocycles. The van der Waals surface area contributed by atoms with Gasteiger partial charge in [-0.3, -0.25) is 4.79 Å². The van der Waals surface area contributed by atoms with Gasteiger partial charge in [-0.25, -0.2) is 4.98 Å². The summed E-state index contributed by atoms with van der Waals surface area (Å²) in [4.78, 5) is 14.1. The van der Waals surface area contributed by atoms with E-state index in [9.17, 15) is 4.79 Å². The van der Waals surface area contributed by atoms with E-state index in [2.05, 4.69) is 4.98 Å². The van der Waals surface area contributed by atoms with Crippen LogP contribution in [-0.2, 0) is 6.42 Å². The van der Waals surface area contributed by atoms with E-state index in [1.54, 1.807) is 6.20 Å². The molecular formula is C11H9NO2. The SMILES string of the molecule is O=Cc1ncc(Cc2ccccc2)o1. The molecule has 0 aliphatic carbocycles. The minimum absolute atomic E-state index is 0.135. The summed E-state index contributed by atoms with van der Waals surface area (Å²) in [5.74, 6) is 0.842. The Morgan fingerprint density at radius 1 is 1.29 bits per heavy atom. The number of rotatable bonds is 3. The average Bonchev–Trinajstić information content (AvgIpc) is 2.67. The van der Waals surface area contributed by atoms with Gasteiger partial charge in [0.15, 0.2) is 0 Å². The molecule has 2 rings (SSSR count). The predicted octanol–water partition coefficient (Wildman–Crippen LogP) is 2.08. The van der Waals surface area contributed by atoms with Gasteiger partial charge in [0, 0.05) is 6.42 Å². The second-order valence-corrected chi connectivity index (χ2v) is 2.95. The van der Waals surface area contributed by atoms with Gasteiger partial charge in [0.25, 0.3) is 5.89 Å². The van der Waals surface area contributed by atoms with Crippen LogP contribution >= 0.6 is 0 Å². The Hall–Kier alpha value is -1.90. The first-order chi connectivity index (χ1) is 6.88. The summed E-state index contributed by atoms with van der Waals surface area (Å²) in [6.45, 7) is 0. The van der Waals surface area contributed by atoms with E-state index in [0.29, 0.717) is 18.5 Å². The Morgan fingerprint density at radius 3 is 2.71 bits per heavy atom. The van der Waals surface area contributed by atoms with Crippen LogP contribution in [0.5, 0.6) is 0 Å². The molecule has 1 aromatic heterocycles. The monoisotopic (exact) mass is 187 g/mol. The van der Waals surface area contributed by atoms with E-state index in [1.165, 1.54) is 0 Å². The minimum Gasteiger partial charge on any atom is -0.439 e. The molecule has 0 spiro atoms. The smallest absolute Gasteiger partial charge is 0.259 e. The number of nitrogens with zero attached hydrogens (tertiary/aromatic N) is 1. The van der Waals surface area contributed by atoms with E-state index in [4.69, 9.17) is 4.42 Å². The number of carbonyl (C=O) groups excluding carboxylic acids is 1. The molecule has 0 saturated carbocycles. The number of aldehydes is 1. The molecule has 0 aliphatic heterocycles. The number of hydrogen-bond acceptors (Lipinski definition) is 3. The fourth-order valence-corrected chi connectivity index (χ4v) is 1.26. The van der Waals surface area contributed by atoms with Gasteiger partial charge in [-0.1, -0.05) is 30.3 Å². The standard InChI is InChI=1S/C11H9NO2/c13-8-11-12-7-10(14-11)6-9-4-2-1-3-5-9/h1-5,7-8H,6H2. The zero-order valence-corrected chi connectivity index (χ0v) is 7.51. The van der Waals surface area contributed by atoms with Crippen molar-refractivity contribution in [2.75, 3.05) is 0 Å². The molecule has 0 saturated heterocycles. The zero-order valence-electron chi connectivity index (χ0n) is 7.51. The molecule has 0 unspecified atom stereocenters. The maximum Gasteiger partial charge on any atom is 0.259 e. The lowest BCUT2D eigenvalue weighted by Crippen LogP contribution is -1.83. The Labute approximate surface area is 81.4 Å². The van der Waals surface area contributed by atoms with E-state index in [0.717, 1.165) is 5.56 Å². The summed E-state index contributed by atoms with van der Waals surface area (Å²) >= 11 is 0. The Balaban J connectivity index is 2.15. The van der Waals surface area contributed by atoms with Crippen LogP contribution in [0.15, 0.2) is 40.9 Å². The third kappa shape index (κ3) is 1.88. The Bertz CT molecular complexity index is 420. The summed E-state index contributed by atoms with van der Waals surface area (Å²) in [5, 5.41) is 0. The minimum atomic E-state index is 0.135. The molecule has 14 heavy (non-hydrogen) atoms. The van der Waals surface area contributed by atoms with Crippen molar-refractivity contribution in [3.63, 3.8) is 0 Å². The third-order valence-corrected chi connectivity index (χ3v) is 1.89. The second kappa shape index (κ2) is 3.87. The van der Waals surface area contributed by atoms with Gasteiger partial charge in [-0.05, 0) is 5.56 Å². The highest BCUT2D eigenvalue weighted by Crippen LogP contribution is 2.09. The number of carbonyl (C=O) groups is 1. The molecule has 3 heteroatoms. The van der Waals surface area contributed by atoms with Gasteiger partial charge in [-0.15, -0.1) is 0 Å². The van der Waals surface area contributed by atoms with Crippen molar-refractivity contribution in [3.05, 3.63) is 53.7 Å². The molecule has 0 radical (unpaired) electrons. The topological polar surface area (TPSA) is 43.1 Å². The van der Waals surface area contributed by atoms with E-state index in [-0.39, 0.29) is 5.89 Å². The quantitative estimate of drug-likeness (QED) is 0.691. The first-order valence-electron chi connectivity index (χ1n) is 4.32. The van der Waals surface area contributed by atoms with Gasteiger partial charge in [0.05, 0.1) is 6.20 Å². The van der Waals surface area contributed by atoms with Gasteiger partial charge in [0.1, 0.15) is 5.76 Å². The van der Waals surface area contributed by atoms with Crippen LogP contribution in [0.2, 0.25) is 0 Å². The normalized spacial score (nSPS) is 10.0. The van der Waals surface area contributed by atoms with Crippen molar-refractivity contribution < 1.29 is 9.21 Å². The van der Waals surface area contributed by atoms with E-state index in [1.807, 2.05) is 30.3 Å². The number of oxazole rings is 1. The molecule has 0 fully saturated rings. The van der Waals surface area contributed by atoms with Crippen molar-refractivity contribution >= 4 is 6.29 Å². The van der Waals surface area contributed by atoms with Crippen LogP contribution in [0.25, 0.3) is 0 Å². The Kier molecular flexibility index (Phi) is 2.40. The fraction of sp³-hybridized carbons (Fsp3) is 0.0909. The van der Waals surface area contributed by atoms with Crippen LogP contribution in [0.1, 0.15) is 22.0 Å². The maximum absolute atomic E-state index is 10.3. The number of benzene rings is 1. The molecule has 0 bridgehead atoms. The molecule has 70 valence electrons. The third-order valence-electron chi connectivity index (χ3n) is 1.89. The van der Waals surface area contributed by atoms with E-state index < -0.39 is 0 Å². The van der Waals surface area contributed by atoms with Crippen molar-refractivity contribution in [3.8, 4) is 0 Å². The second-order valence-electron chi connectivity index (χ2n) is 2.95. The highest BCUT2D eigenvalue weighted by Gasteiger charge is 2.02. The zero-order chi connectivity index (χ0) is 9.80. The summed E-state index contributed by atoms with van der Waals surface area (Å²) in [5.41, 5.74) is 1.14. The van der Waals surface area contributed by atoms with Crippen molar-refractivity contribution in [2.45, 2.75) is 6.42 Å². The van der Waals surface area contributed by atoms with Gasteiger partial charge in [0.2, 0.25) is 6.29 Å². The molecule has 0 atom stereocenters. The molecule has 0 amide bonds. The van der Waals surface area contributed by atoms with Crippen LogP contribution in [0, 0.1) is 0 Å². The first-order valence-corrected chi connectivity index (χ1v) is 4.32. The average molecular weight is 187 g/mol. The fourth-order valence-electron chi connectivity index (χ4n) is 1.26. The summed E-state index contributed by atoms with van der Waals surface area (Å²) in [6.07, 6.45) is 2.85. The predicted molar refractivity (Wildman–Crippen MR) is 51.1 cm³/mol. The van der Waals surface area contributed by atoms with E-state index >= 15 is 0 Å². The van der Waals surface area contributed by atoms with Crippen molar-refractivity contribution in [1.82, 2.24) is 4.98 Å². The molecular weight excluding hydrogens is 178 g/mol. The van der Waals surface area contributed by atoms with Gasteiger partial charge in [-0.2, -0.15) is 0 Å². The van der Waals surface area contributed by atoms with Crippen LogP contribution in [0.3, 0.4) is 0 Å². The maximum atomic E-state index is 10.3. The molecule has 1 heterocycles. The van der Waals surface area contributed by atoms with Crippen molar-refractivity contribution in [2.24, 2.45) is 0 Å². The number of hydrogen-bond donors (Lipinski definition) is 0. The summed E-state index contributed by atoms with van der Waals surface area (Å²) in [7, 11) is 0. The highest BCUT2D eigenvalue weighted by atomic mass is 16.4. The number of aromatic nitrogens is 1. The molecule has 2 aromatic rings. The van der Waals surface area contributed by atoms with Crippen molar-refractivity contribution in [1.29, 1.82) is 0 Å². The Morgan fingerprint density at radius 2 is 2.07 bits per heavy atom. The molecule has 3 nitrogen and oxygen atoms in total. The van der Waals surface area contributed by atoms with Crippen LogP contribution in [-0.4, -0.2) is 11.3 Å². The largest absolute Gasteiger partial charge is 0.439 e. The lowest BCUT2D eigenvalue weighted by molar-refractivity contribution is 0.109. The first kappa shape index (κ1) is 8.69. The van der Waals surface area contributed by atoms with Crippen LogP contribution < -0.4 is 0 Å². The lowest BCUT2D eigenvalue weighted by atomic mass is 10.1. The van der Waals surface area contributed by atoms with Gasteiger partial charge >= 0.3 is 0 Å². The molecule has 0 aliphatic rings. The van der Waals surface area contributed by atoms with Crippen LogP contribution in [0.4, 0.5) is 0 Å². The highest BCUT2D eigenvalue weighted by molar-refractivity contribution is 5.67. The molecule has 0 N–H and O–H groups in total. The summed E-state index contributed by atoms with van der Waals surface area (Å²) < 4.78 is 5.16. The van der Waals surface area contributed by atoms with Gasteiger partial charge < -0.3 is 4.42 Å².